The number of rotatable bonds is 4. The van der Waals surface area contributed by atoms with Crippen LogP contribution in [0.2, 0.25) is 5.15 Å². The Morgan fingerprint density at radius 1 is 1.44 bits per heavy atom. The predicted octanol–water partition coefficient (Wildman–Crippen LogP) is 2.13. The molecule has 0 radical (unpaired) electrons. The molecule has 1 heterocycles. The number of hydrogen-bond acceptors (Lipinski definition) is 3. The van der Waals surface area contributed by atoms with E-state index in [0.717, 1.165) is 24.9 Å². The van der Waals surface area contributed by atoms with Gasteiger partial charge in [-0.15, -0.1) is 0 Å². The fraction of sp³-hybridized carbons (Fsp3) is 0.583. The van der Waals surface area contributed by atoms with Gasteiger partial charge >= 0.3 is 0 Å². The first-order valence-corrected chi connectivity index (χ1v) is 6.08. The maximum Gasteiger partial charge on any atom is 0.129 e. The van der Waals surface area contributed by atoms with Crippen LogP contribution in [0.15, 0.2) is 18.3 Å². The maximum atomic E-state index is 9.45. The second-order valence-electron chi connectivity index (χ2n) is 4.49. The average molecular weight is 241 g/mol. The molecule has 16 heavy (non-hydrogen) atoms. The van der Waals surface area contributed by atoms with Crippen LogP contribution in [-0.2, 0) is 6.54 Å². The lowest BCUT2D eigenvalue weighted by Gasteiger charge is -2.28. The Balaban J connectivity index is 1.95. The molecule has 1 aromatic rings. The summed E-state index contributed by atoms with van der Waals surface area (Å²) in [5.74, 6) is 0. The largest absolute Gasteiger partial charge is 0.394 e. The number of pyridine rings is 1. The Bertz CT molecular complexity index is 351. The molecule has 1 aromatic heterocycles. The molecule has 1 saturated carbocycles. The zero-order chi connectivity index (χ0) is 11.4. The highest BCUT2D eigenvalue weighted by atomic mass is 35.5. The van der Waals surface area contributed by atoms with Crippen molar-refractivity contribution in [1.82, 2.24) is 10.3 Å². The van der Waals surface area contributed by atoms with Gasteiger partial charge in [0.2, 0.25) is 0 Å². The van der Waals surface area contributed by atoms with Crippen LogP contribution in [0.5, 0.6) is 0 Å². The van der Waals surface area contributed by atoms with Crippen LogP contribution < -0.4 is 5.32 Å². The van der Waals surface area contributed by atoms with Crippen LogP contribution >= 0.6 is 11.6 Å². The highest BCUT2D eigenvalue weighted by Gasteiger charge is 2.32. The van der Waals surface area contributed by atoms with Crippen molar-refractivity contribution in [1.29, 1.82) is 0 Å². The van der Waals surface area contributed by atoms with E-state index >= 15 is 0 Å². The number of nitrogens with zero attached hydrogens (tertiary/aromatic N) is 1. The molecule has 2 N–H and O–H groups in total. The van der Waals surface area contributed by atoms with Crippen LogP contribution in [0.4, 0.5) is 0 Å². The van der Waals surface area contributed by atoms with Crippen molar-refractivity contribution >= 4 is 11.6 Å². The van der Waals surface area contributed by atoms with E-state index in [2.05, 4.69) is 10.3 Å². The minimum Gasteiger partial charge on any atom is -0.394 e. The normalized spacial score (nSPS) is 18.9. The molecule has 1 aliphatic carbocycles. The molecule has 0 atom stereocenters. The summed E-state index contributed by atoms with van der Waals surface area (Å²) in [6.45, 7) is 0.953. The van der Waals surface area contributed by atoms with Gasteiger partial charge in [0.25, 0.3) is 0 Å². The number of aliphatic hydroxyl groups is 1. The van der Waals surface area contributed by atoms with Crippen molar-refractivity contribution in [3.05, 3.63) is 29.0 Å². The minimum absolute atomic E-state index is 0.0737. The highest BCUT2D eigenvalue weighted by molar-refractivity contribution is 6.29. The van der Waals surface area contributed by atoms with Crippen LogP contribution in [0.25, 0.3) is 0 Å². The summed E-state index contributed by atoms with van der Waals surface area (Å²) < 4.78 is 0. The van der Waals surface area contributed by atoms with Crippen LogP contribution in [0, 0.1) is 0 Å². The van der Waals surface area contributed by atoms with Gasteiger partial charge < -0.3 is 10.4 Å². The van der Waals surface area contributed by atoms with Gasteiger partial charge in [0.05, 0.1) is 6.61 Å². The SMILES string of the molecule is OCC1(NCc2ccnc(Cl)c2)CCCC1. The number of aliphatic hydroxyl groups excluding tert-OH is 1. The van der Waals surface area contributed by atoms with E-state index in [9.17, 15) is 5.11 Å². The number of aromatic nitrogens is 1. The quantitative estimate of drug-likeness (QED) is 0.793. The summed E-state index contributed by atoms with van der Waals surface area (Å²) in [4.78, 5) is 3.95. The van der Waals surface area contributed by atoms with Gasteiger partial charge in [0, 0.05) is 18.3 Å². The third kappa shape index (κ3) is 2.73. The average Bonchev–Trinajstić information content (AvgIpc) is 2.76. The fourth-order valence-corrected chi connectivity index (χ4v) is 2.48. The van der Waals surface area contributed by atoms with Crippen molar-refractivity contribution in [3.8, 4) is 0 Å². The van der Waals surface area contributed by atoms with Gasteiger partial charge in [0.15, 0.2) is 0 Å². The molecule has 88 valence electrons. The number of hydrogen-bond donors (Lipinski definition) is 2. The standard InChI is InChI=1S/C12H17ClN2O/c13-11-7-10(3-6-14-11)8-15-12(9-16)4-1-2-5-12/h3,6-7,15-16H,1-2,4-5,8-9H2. The monoisotopic (exact) mass is 240 g/mol. The highest BCUT2D eigenvalue weighted by Crippen LogP contribution is 2.29. The topological polar surface area (TPSA) is 45.1 Å². The summed E-state index contributed by atoms with van der Waals surface area (Å²) in [5, 5.41) is 13.4. The van der Waals surface area contributed by atoms with Crippen molar-refractivity contribution in [3.63, 3.8) is 0 Å². The molecular weight excluding hydrogens is 224 g/mol. The Morgan fingerprint density at radius 2 is 2.19 bits per heavy atom. The van der Waals surface area contributed by atoms with E-state index in [4.69, 9.17) is 11.6 Å². The zero-order valence-corrected chi connectivity index (χ0v) is 10.0. The van der Waals surface area contributed by atoms with Crippen molar-refractivity contribution < 1.29 is 5.11 Å². The molecule has 4 heteroatoms. The summed E-state index contributed by atoms with van der Waals surface area (Å²) in [7, 11) is 0. The van der Waals surface area contributed by atoms with E-state index in [0.29, 0.717) is 5.15 Å². The van der Waals surface area contributed by atoms with E-state index in [-0.39, 0.29) is 12.1 Å². The number of nitrogens with one attached hydrogen (secondary N) is 1. The van der Waals surface area contributed by atoms with Gasteiger partial charge in [0.1, 0.15) is 5.15 Å². The summed E-state index contributed by atoms with van der Waals surface area (Å²) >= 11 is 5.82. The first-order valence-electron chi connectivity index (χ1n) is 5.70. The second kappa shape index (κ2) is 5.13. The van der Waals surface area contributed by atoms with Gasteiger partial charge in [-0.05, 0) is 30.5 Å². The van der Waals surface area contributed by atoms with Crippen molar-refractivity contribution in [2.45, 2.75) is 37.8 Å². The Kier molecular flexibility index (Phi) is 3.79. The summed E-state index contributed by atoms with van der Waals surface area (Å²) in [6, 6.07) is 3.80. The Morgan fingerprint density at radius 3 is 2.81 bits per heavy atom. The molecule has 0 aliphatic heterocycles. The molecule has 1 fully saturated rings. The summed E-state index contributed by atoms with van der Waals surface area (Å²) in [6.07, 6.45) is 6.22. The molecule has 2 rings (SSSR count). The number of halogens is 1. The molecule has 0 saturated heterocycles. The third-order valence-electron chi connectivity index (χ3n) is 3.32. The lowest BCUT2D eigenvalue weighted by molar-refractivity contribution is 0.163. The van der Waals surface area contributed by atoms with E-state index in [1.54, 1.807) is 6.20 Å². The minimum atomic E-state index is -0.0737. The van der Waals surface area contributed by atoms with E-state index in [1.165, 1.54) is 12.8 Å². The van der Waals surface area contributed by atoms with Crippen LogP contribution in [-0.4, -0.2) is 22.2 Å². The lowest BCUT2D eigenvalue weighted by Crippen LogP contribution is -2.45. The lowest BCUT2D eigenvalue weighted by atomic mass is 9.98. The maximum absolute atomic E-state index is 9.45. The van der Waals surface area contributed by atoms with E-state index < -0.39 is 0 Å². The van der Waals surface area contributed by atoms with Crippen molar-refractivity contribution in [2.24, 2.45) is 0 Å². The first-order chi connectivity index (χ1) is 7.74. The molecule has 0 unspecified atom stereocenters. The molecule has 0 spiro atoms. The van der Waals surface area contributed by atoms with Gasteiger partial charge in [-0.1, -0.05) is 24.4 Å². The smallest absolute Gasteiger partial charge is 0.129 e. The molecule has 1 aliphatic rings. The molecule has 3 nitrogen and oxygen atoms in total. The molecule has 0 aromatic carbocycles. The zero-order valence-electron chi connectivity index (χ0n) is 9.25. The van der Waals surface area contributed by atoms with Gasteiger partial charge in [-0.2, -0.15) is 0 Å². The van der Waals surface area contributed by atoms with Crippen LogP contribution in [0.1, 0.15) is 31.2 Å². The third-order valence-corrected chi connectivity index (χ3v) is 3.53. The fourth-order valence-electron chi connectivity index (χ4n) is 2.28. The second-order valence-corrected chi connectivity index (χ2v) is 4.87. The summed E-state index contributed by atoms with van der Waals surface area (Å²) in [5.41, 5.74) is 1.04. The van der Waals surface area contributed by atoms with E-state index in [1.807, 2.05) is 12.1 Å². The Labute approximate surface area is 101 Å². The first kappa shape index (κ1) is 11.8. The predicted molar refractivity (Wildman–Crippen MR) is 64.4 cm³/mol. The van der Waals surface area contributed by atoms with Crippen molar-refractivity contribution in [2.75, 3.05) is 6.61 Å². The molecular formula is C12H17ClN2O. The molecule has 0 bridgehead atoms. The van der Waals surface area contributed by atoms with Gasteiger partial charge in [-0.3, -0.25) is 0 Å². The van der Waals surface area contributed by atoms with Gasteiger partial charge in [-0.25, -0.2) is 4.98 Å². The molecule has 0 amide bonds. The van der Waals surface area contributed by atoms with Crippen LogP contribution in [0.3, 0.4) is 0 Å². The Hall–Kier alpha value is -0.640.